The highest BCUT2D eigenvalue weighted by Gasteiger charge is 2.28. The third kappa shape index (κ3) is 7.17. The molecule has 0 unspecified atom stereocenters. The van der Waals surface area contributed by atoms with Gasteiger partial charge in [0.2, 0.25) is 0 Å². The van der Waals surface area contributed by atoms with Gasteiger partial charge in [-0.2, -0.15) is 5.10 Å². The molecule has 13 heteroatoms. The first-order valence-electron chi connectivity index (χ1n) is 11.3. The second-order valence-corrected chi connectivity index (χ2v) is 9.49. The summed E-state index contributed by atoms with van der Waals surface area (Å²) < 4.78 is 53.1. The molecule has 0 radical (unpaired) electrons. The number of rotatable bonds is 11. The highest BCUT2D eigenvalue weighted by Crippen LogP contribution is 2.33. The van der Waals surface area contributed by atoms with Crippen molar-refractivity contribution in [1.29, 1.82) is 0 Å². The molecule has 0 saturated carbocycles. The Labute approximate surface area is 225 Å². The monoisotopic (exact) mass is 557 g/mol. The number of nitrogens with one attached hydrogen (secondary N) is 1. The molecule has 3 aromatic rings. The average Bonchev–Trinajstić information content (AvgIpc) is 2.96. The van der Waals surface area contributed by atoms with Crippen molar-refractivity contribution in [3.8, 4) is 23.0 Å². The average molecular weight is 558 g/mol. The number of methoxy groups -OCH3 is 4. The summed E-state index contributed by atoms with van der Waals surface area (Å²) in [5.74, 6) is 0.325. The lowest BCUT2D eigenvalue weighted by Crippen LogP contribution is -2.39. The van der Waals surface area contributed by atoms with E-state index >= 15 is 0 Å². The molecule has 1 amide bonds. The third-order valence-electron chi connectivity index (χ3n) is 5.22. The summed E-state index contributed by atoms with van der Waals surface area (Å²) in [5.41, 5.74) is 3.00. The number of amides is 1. The van der Waals surface area contributed by atoms with Gasteiger partial charge in [0.1, 0.15) is 6.54 Å². The molecule has 0 fully saturated rings. The predicted octanol–water partition coefficient (Wildman–Crippen LogP) is 3.20. The maximum absolute atomic E-state index is 13.5. The minimum atomic E-state index is -4.14. The van der Waals surface area contributed by atoms with Crippen LogP contribution >= 0.6 is 0 Å². The van der Waals surface area contributed by atoms with E-state index in [2.05, 4.69) is 15.3 Å². The van der Waals surface area contributed by atoms with E-state index in [1.54, 1.807) is 30.3 Å². The molecular weight excluding hydrogens is 530 g/mol. The van der Waals surface area contributed by atoms with Gasteiger partial charge in [-0.1, -0.05) is 18.2 Å². The van der Waals surface area contributed by atoms with E-state index in [1.165, 1.54) is 71.1 Å². The SMILES string of the molecule is COC(=O)Oc1ccc(/C=N\NC(=O)CN(c2ccc(OC)c(OC)c2)S(=O)(=O)c2ccccc2)cc1OC. The summed E-state index contributed by atoms with van der Waals surface area (Å²) in [7, 11) is 1.30. The molecule has 0 aliphatic carbocycles. The van der Waals surface area contributed by atoms with E-state index < -0.39 is 28.6 Å². The Morgan fingerprint density at radius 2 is 1.49 bits per heavy atom. The number of anilines is 1. The third-order valence-corrected chi connectivity index (χ3v) is 7.01. The maximum atomic E-state index is 13.5. The van der Waals surface area contributed by atoms with Crippen LogP contribution in [0.15, 0.2) is 76.7 Å². The van der Waals surface area contributed by atoms with Crippen LogP contribution in [-0.4, -0.2) is 61.7 Å². The Morgan fingerprint density at radius 1 is 0.846 bits per heavy atom. The van der Waals surface area contributed by atoms with Gasteiger partial charge in [-0.15, -0.1) is 0 Å². The van der Waals surface area contributed by atoms with Crippen molar-refractivity contribution >= 4 is 34.0 Å². The van der Waals surface area contributed by atoms with Crippen molar-refractivity contribution in [3.05, 3.63) is 72.3 Å². The quantitative estimate of drug-likeness (QED) is 0.163. The predicted molar refractivity (Wildman–Crippen MR) is 142 cm³/mol. The van der Waals surface area contributed by atoms with Gasteiger partial charge in [-0.3, -0.25) is 9.10 Å². The molecule has 3 rings (SSSR count). The summed E-state index contributed by atoms with van der Waals surface area (Å²) in [6, 6.07) is 16.8. The smallest absolute Gasteiger partial charge is 0.493 e. The number of ether oxygens (including phenoxy) is 5. The maximum Gasteiger partial charge on any atom is 0.513 e. The lowest BCUT2D eigenvalue weighted by atomic mass is 10.2. The molecule has 0 atom stereocenters. The fourth-order valence-corrected chi connectivity index (χ4v) is 4.77. The summed E-state index contributed by atoms with van der Waals surface area (Å²) in [6.07, 6.45) is 0.404. The Kier molecular flexibility index (Phi) is 9.70. The van der Waals surface area contributed by atoms with Crippen LogP contribution in [0.3, 0.4) is 0 Å². The number of hydrazone groups is 1. The van der Waals surface area contributed by atoms with E-state index in [-0.39, 0.29) is 27.8 Å². The highest BCUT2D eigenvalue weighted by atomic mass is 32.2. The van der Waals surface area contributed by atoms with Gasteiger partial charge in [-0.05, 0) is 48.0 Å². The van der Waals surface area contributed by atoms with Crippen molar-refractivity contribution in [2.24, 2.45) is 5.10 Å². The second kappa shape index (κ2) is 13.1. The van der Waals surface area contributed by atoms with E-state index in [9.17, 15) is 18.0 Å². The largest absolute Gasteiger partial charge is 0.513 e. The van der Waals surface area contributed by atoms with Crippen LogP contribution in [0.25, 0.3) is 0 Å². The fourth-order valence-electron chi connectivity index (χ4n) is 3.34. The first kappa shape index (κ1) is 28.8. The molecule has 0 aliphatic heterocycles. The Bertz CT molecular complexity index is 1440. The van der Waals surface area contributed by atoms with Crippen molar-refractivity contribution in [2.75, 3.05) is 39.3 Å². The van der Waals surface area contributed by atoms with Gasteiger partial charge in [0.05, 0.1) is 45.2 Å². The van der Waals surface area contributed by atoms with Crippen LogP contribution in [0.5, 0.6) is 23.0 Å². The minimum Gasteiger partial charge on any atom is -0.493 e. The molecule has 0 heterocycles. The molecular formula is C26H27N3O9S. The molecule has 39 heavy (non-hydrogen) atoms. The Balaban J connectivity index is 1.83. The van der Waals surface area contributed by atoms with Gasteiger partial charge >= 0.3 is 6.16 Å². The van der Waals surface area contributed by atoms with E-state index in [4.69, 9.17) is 18.9 Å². The van der Waals surface area contributed by atoms with Crippen LogP contribution in [0.4, 0.5) is 10.5 Å². The summed E-state index contributed by atoms with van der Waals surface area (Å²) in [5, 5.41) is 3.91. The molecule has 0 saturated heterocycles. The Hall–Kier alpha value is -4.78. The van der Waals surface area contributed by atoms with E-state index in [0.717, 1.165) is 4.31 Å². The van der Waals surface area contributed by atoms with Gasteiger partial charge in [-0.25, -0.2) is 18.6 Å². The number of hydrogen-bond acceptors (Lipinski definition) is 10. The number of carbonyl (C=O) groups excluding carboxylic acids is 2. The second-order valence-electron chi connectivity index (χ2n) is 7.62. The van der Waals surface area contributed by atoms with Gasteiger partial charge in [0.15, 0.2) is 23.0 Å². The molecule has 0 aromatic heterocycles. The van der Waals surface area contributed by atoms with E-state index in [0.29, 0.717) is 11.3 Å². The number of nitrogens with zero attached hydrogens (tertiary/aromatic N) is 2. The molecule has 0 aliphatic rings. The van der Waals surface area contributed by atoms with Crippen LogP contribution < -0.4 is 28.7 Å². The molecule has 0 bridgehead atoms. The summed E-state index contributed by atoms with van der Waals surface area (Å²) in [6.45, 7) is -0.584. The zero-order valence-electron chi connectivity index (χ0n) is 21.6. The van der Waals surface area contributed by atoms with Gasteiger partial charge < -0.3 is 23.7 Å². The molecule has 1 N–H and O–H groups in total. The van der Waals surface area contributed by atoms with Gasteiger partial charge in [0, 0.05) is 6.07 Å². The molecule has 206 valence electrons. The molecule has 12 nitrogen and oxygen atoms in total. The highest BCUT2D eigenvalue weighted by molar-refractivity contribution is 7.92. The first-order chi connectivity index (χ1) is 18.7. The van der Waals surface area contributed by atoms with Crippen LogP contribution in [0.2, 0.25) is 0 Å². The number of benzene rings is 3. The zero-order valence-corrected chi connectivity index (χ0v) is 22.4. The van der Waals surface area contributed by atoms with E-state index in [1.807, 2.05) is 0 Å². The standard InChI is InChI=1S/C26H27N3O9S/c1-34-21-13-11-19(15-24(21)36-3)29(39(32,33)20-8-6-5-7-9-20)17-25(30)28-27-16-18-10-12-22(23(14-18)35-2)38-26(31)37-4/h5-16H,17H2,1-4H3,(H,28,30)/b27-16-. The number of sulfonamides is 1. The molecule has 0 spiro atoms. The van der Waals surface area contributed by atoms with Crippen molar-refractivity contribution in [3.63, 3.8) is 0 Å². The zero-order chi connectivity index (χ0) is 28.4. The number of hydrogen-bond donors (Lipinski definition) is 1. The fraction of sp³-hybridized carbons (Fsp3) is 0.192. The summed E-state index contributed by atoms with van der Waals surface area (Å²) in [4.78, 5) is 24.2. The van der Waals surface area contributed by atoms with Crippen molar-refractivity contribution in [2.45, 2.75) is 4.90 Å². The topological polar surface area (TPSA) is 142 Å². The summed E-state index contributed by atoms with van der Waals surface area (Å²) >= 11 is 0. The first-order valence-corrected chi connectivity index (χ1v) is 12.7. The van der Waals surface area contributed by atoms with Gasteiger partial charge in [0.25, 0.3) is 15.9 Å². The van der Waals surface area contributed by atoms with Crippen LogP contribution in [-0.2, 0) is 19.6 Å². The lowest BCUT2D eigenvalue weighted by molar-refractivity contribution is -0.119. The van der Waals surface area contributed by atoms with Crippen molar-refractivity contribution < 1.29 is 41.7 Å². The normalized spacial score (nSPS) is 11.0. The van der Waals surface area contributed by atoms with Crippen LogP contribution in [0, 0.1) is 0 Å². The number of carbonyl (C=O) groups is 2. The minimum absolute atomic E-state index is 0.00237. The lowest BCUT2D eigenvalue weighted by Gasteiger charge is -2.24. The molecule has 3 aromatic carbocycles. The Morgan fingerprint density at radius 3 is 2.13 bits per heavy atom. The van der Waals surface area contributed by atoms with Crippen molar-refractivity contribution in [1.82, 2.24) is 5.43 Å². The van der Waals surface area contributed by atoms with Crippen LogP contribution in [0.1, 0.15) is 5.56 Å².